The van der Waals surface area contributed by atoms with E-state index in [1.807, 2.05) is 48.5 Å². The SMILES string of the molecule is COc1cccc(C2(c3cccc(OC)c3)CC2C(=O)Nc2cccc(C(F)(F)F)c2)c1. The summed E-state index contributed by atoms with van der Waals surface area (Å²) in [5.74, 6) is 0.522. The van der Waals surface area contributed by atoms with Gasteiger partial charge in [-0.05, 0) is 60.0 Å². The molecule has 32 heavy (non-hydrogen) atoms. The molecule has 166 valence electrons. The van der Waals surface area contributed by atoms with Gasteiger partial charge in [0.1, 0.15) is 11.5 Å². The van der Waals surface area contributed by atoms with Crippen molar-refractivity contribution in [1.29, 1.82) is 0 Å². The Hall–Kier alpha value is -3.48. The molecule has 1 fully saturated rings. The standard InChI is InChI=1S/C25H22F3NO3/c1-31-20-10-4-6-16(13-20)24(17-7-5-11-21(14-17)32-2)15-22(24)23(30)29-19-9-3-8-18(12-19)25(26,27)28/h3-14,22H,15H2,1-2H3,(H,29,30). The van der Waals surface area contributed by atoms with Crippen molar-refractivity contribution in [3.8, 4) is 11.5 Å². The summed E-state index contributed by atoms with van der Waals surface area (Å²) in [7, 11) is 3.14. The summed E-state index contributed by atoms with van der Waals surface area (Å²) >= 11 is 0. The Morgan fingerprint density at radius 1 is 0.906 bits per heavy atom. The first-order chi connectivity index (χ1) is 15.3. The number of ether oxygens (including phenoxy) is 2. The molecule has 0 aliphatic heterocycles. The minimum absolute atomic E-state index is 0.113. The number of hydrogen-bond donors (Lipinski definition) is 1. The second kappa shape index (κ2) is 8.22. The number of carbonyl (C=O) groups is 1. The lowest BCUT2D eigenvalue weighted by atomic mass is 9.85. The van der Waals surface area contributed by atoms with Crippen LogP contribution in [0.4, 0.5) is 18.9 Å². The zero-order chi connectivity index (χ0) is 22.9. The highest BCUT2D eigenvalue weighted by molar-refractivity contribution is 5.97. The van der Waals surface area contributed by atoms with Gasteiger partial charge in [-0.1, -0.05) is 30.3 Å². The van der Waals surface area contributed by atoms with Crippen molar-refractivity contribution in [3.63, 3.8) is 0 Å². The van der Waals surface area contributed by atoms with Crippen LogP contribution in [0.3, 0.4) is 0 Å². The van der Waals surface area contributed by atoms with Crippen LogP contribution in [-0.4, -0.2) is 20.1 Å². The van der Waals surface area contributed by atoms with Gasteiger partial charge in [-0.3, -0.25) is 4.79 Å². The molecule has 1 N–H and O–H groups in total. The lowest BCUT2D eigenvalue weighted by Gasteiger charge is -2.20. The average molecular weight is 441 g/mol. The molecule has 1 unspecified atom stereocenters. The van der Waals surface area contributed by atoms with Crippen LogP contribution in [0.2, 0.25) is 0 Å². The summed E-state index contributed by atoms with van der Waals surface area (Å²) < 4.78 is 49.9. The highest BCUT2D eigenvalue weighted by atomic mass is 19.4. The molecular formula is C25H22F3NO3. The fraction of sp³-hybridized carbons (Fsp3) is 0.240. The third kappa shape index (κ3) is 4.02. The summed E-state index contributed by atoms with van der Waals surface area (Å²) in [5.41, 5.74) is 0.470. The molecule has 7 heteroatoms. The van der Waals surface area contributed by atoms with E-state index in [-0.39, 0.29) is 11.6 Å². The van der Waals surface area contributed by atoms with Gasteiger partial charge in [0.25, 0.3) is 0 Å². The van der Waals surface area contributed by atoms with E-state index in [4.69, 9.17) is 9.47 Å². The number of anilines is 1. The highest BCUT2D eigenvalue weighted by Crippen LogP contribution is 2.60. The van der Waals surface area contributed by atoms with Crippen molar-refractivity contribution in [2.75, 3.05) is 19.5 Å². The Kier molecular flexibility index (Phi) is 5.59. The Morgan fingerprint density at radius 3 is 2.00 bits per heavy atom. The minimum atomic E-state index is -4.48. The van der Waals surface area contributed by atoms with Crippen LogP contribution in [0.5, 0.6) is 11.5 Å². The summed E-state index contributed by atoms with van der Waals surface area (Å²) in [6.07, 6.45) is -3.97. The Morgan fingerprint density at radius 2 is 1.47 bits per heavy atom. The first-order valence-electron chi connectivity index (χ1n) is 10.0. The van der Waals surface area contributed by atoms with E-state index in [1.54, 1.807) is 14.2 Å². The van der Waals surface area contributed by atoms with E-state index in [1.165, 1.54) is 12.1 Å². The fourth-order valence-corrected chi connectivity index (χ4v) is 4.19. The molecular weight excluding hydrogens is 419 g/mol. The van der Waals surface area contributed by atoms with E-state index >= 15 is 0 Å². The van der Waals surface area contributed by atoms with E-state index in [0.717, 1.165) is 23.3 Å². The van der Waals surface area contributed by atoms with Gasteiger partial charge in [0.15, 0.2) is 0 Å². The van der Waals surface area contributed by atoms with Crippen molar-refractivity contribution >= 4 is 11.6 Å². The molecule has 0 spiro atoms. The maximum atomic E-state index is 13.2. The number of methoxy groups -OCH3 is 2. The molecule has 1 aliphatic carbocycles. The molecule has 0 radical (unpaired) electrons. The second-order valence-electron chi connectivity index (χ2n) is 7.76. The van der Waals surface area contributed by atoms with Gasteiger partial charge in [-0.15, -0.1) is 0 Å². The molecule has 4 nitrogen and oxygen atoms in total. The predicted molar refractivity (Wildman–Crippen MR) is 115 cm³/mol. The number of halogens is 3. The first-order valence-corrected chi connectivity index (χ1v) is 10.0. The monoisotopic (exact) mass is 441 g/mol. The van der Waals surface area contributed by atoms with Gasteiger partial charge in [0.05, 0.1) is 25.7 Å². The van der Waals surface area contributed by atoms with Crippen LogP contribution >= 0.6 is 0 Å². The predicted octanol–water partition coefficient (Wildman–Crippen LogP) is 5.67. The molecule has 3 aromatic carbocycles. The van der Waals surface area contributed by atoms with Crippen molar-refractivity contribution in [1.82, 2.24) is 0 Å². The van der Waals surface area contributed by atoms with Gasteiger partial charge in [-0.25, -0.2) is 0 Å². The summed E-state index contributed by atoms with van der Waals surface area (Å²) in [6.45, 7) is 0. The van der Waals surface area contributed by atoms with Crippen LogP contribution < -0.4 is 14.8 Å². The zero-order valence-corrected chi connectivity index (χ0v) is 17.6. The Labute approximate surface area is 184 Å². The number of benzene rings is 3. The molecule has 1 aliphatic rings. The number of hydrogen-bond acceptors (Lipinski definition) is 3. The quantitative estimate of drug-likeness (QED) is 0.536. The van der Waals surface area contributed by atoms with Gasteiger partial charge >= 0.3 is 6.18 Å². The third-order valence-corrected chi connectivity index (χ3v) is 5.90. The molecule has 3 aromatic rings. The van der Waals surface area contributed by atoms with E-state index in [9.17, 15) is 18.0 Å². The van der Waals surface area contributed by atoms with E-state index < -0.39 is 23.1 Å². The van der Waals surface area contributed by atoms with Crippen LogP contribution in [0.1, 0.15) is 23.1 Å². The summed E-state index contributed by atoms with van der Waals surface area (Å²) in [4.78, 5) is 13.2. The number of rotatable bonds is 6. The maximum absolute atomic E-state index is 13.2. The maximum Gasteiger partial charge on any atom is 0.416 e. The first kappa shape index (κ1) is 21.7. The van der Waals surface area contributed by atoms with Crippen molar-refractivity contribution in [2.24, 2.45) is 5.92 Å². The second-order valence-corrected chi connectivity index (χ2v) is 7.76. The van der Waals surface area contributed by atoms with Gasteiger partial charge in [0, 0.05) is 11.1 Å². The Bertz CT molecular complexity index is 1100. The summed E-state index contributed by atoms with van der Waals surface area (Å²) in [6, 6.07) is 19.6. The molecule has 1 saturated carbocycles. The molecule has 0 bridgehead atoms. The average Bonchev–Trinajstić information content (AvgIpc) is 3.56. The van der Waals surface area contributed by atoms with Gasteiger partial charge in [0.2, 0.25) is 5.91 Å². The van der Waals surface area contributed by atoms with Gasteiger partial charge in [-0.2, -0.15) is 13.2 Å². The zero-order valence-electron chi connectivity index (χ0n) is 17.6. The Balaban J connectivity index is 1.68. The molecule has 4 rings (SSSR count). The third-order valence-electron chi connectivity index (χ3n) is 5.90. The largest absolute Gasteiger partial charge is 0.497 e. The topological polar surface area (TPSA) is 47.6 Å². The van der Waals surface area contributed by atoms with Gasteiger partial charge < -0.3 is 14.8 Å². The van der Waals surface area contributed by atoms with Crippen LogP contribution in [-0.2, 0) is 16.4 Å². The lowest BCUT2D eigenvalue weighted by Crippen LogP contribution is -2.22. The molecule has 1 amide bonds. The van der Waals surface area contributed by atoms with Crippen molar-refractivity contribution in [2.45, 2.75) is 18.0 Å². The molecule has 0 aromatic heterocycles. The number of nitrogens with one attached hydrogen (secondary N) is 1. The van der Waals surface area contributed by atoms with E-state index in [0.29, 0.717) is 17.9 Å². The van der Waals surface area contributed by atoms with Crippen LogP contribution in [0.25, 0.3) is 0 Å². The van der Waals surface area contributed by atoms with Crippen molar-refractivity contribution in [3.05, 3.63) is 89.5 Å². The normalized spacial score (nSPS) is 16.8. The van der Waals surface area contributed by atoms with Crippen LogP contribution in [0, 0.1) is 5.92 Å². The smallest absolute Gasteiger partial charge is 0.416 e. The number of alkyl halides is 3. The van der Waals surface area contributed by atoms with Crippen LogP contribution in [0.15, 0.2) is 72.8 Å². The molecule has 1 atom stereocenters. The summed E-state index contributed by atoms with van der Waals surface area (Å²) in [5, 5.41) is 2.67. The number of carbonyl (C=O) groups excluding carboxylic acids is 1. The minimum Gasteiger partial charge on any atom is -0.497 e. The highest BCUT2D eigenvalue weighted by Gasteiger charge is 2.60. The number of amides is 1. The molecule has 0 saturated heterocycles. The lowest BCUT2D eigenvalue weighted by molar-refractivity contribution is -0.137. The fourth-order valence-electron chi connectivity index (χ4n) is 4.19. The van der Waals surface area contributed by atoms with E-state index in [2.05, 4.69) is 5.32 Å². The molecule has 0 heterocycles. The van der Waals surface area contributed by atoms with Crippen molar-refractivity contribution < 1.29 is 27.4 Å².